The second-order valence-corrected chi connectivity index (χ2v) is 4.92. The molecule has 2 heteroatoms. The van der Waals surface area contributed by atoms with Crippen LogP contribution in [0.15, 0.2) is 64.4 Å². The third-order valence-corrected chi connectivity index (χ3v) is 3.40. The molecule has 0 spiro atoms. The summed E-state index contributed by atoms with van der Waals surface area (Å²) in [5.41, 5.74) is 6.99. The van der Waals surface area contributed by atoms with Crippen LogP contribution >= 0.6 is 11.8 Å². The molecule has 0 aliphatic heterocycles. The van der Waals surface area contributed by atoms with E-state index in [9.17, 15) is 0 Å². The van der Waals surface area contributed by atoms with Gasteiger partial charge >= 0.3 is 0 Å². The molecule has 0 saturated heterocycles. The summed E-state index contributed by atoms with van der Waals surface area (Å²) < 4.78 is 0. The zero-order chi connectivity index (χ0) is 11.4. The first-order valence-electron chi connectivity index (χ1n) is 5.34. The third kappa shape index (κ3) is 2.87. The van der Waals surface area contributed by atoms with Gasteiger partial charge in [0.15, 0.2) is 0 Å². The van der Waals surface area contributed by atoms with Crippen molar-refractivity contribution >= 4 is 11.8 Å². The van der Waals surface area contributed by atoms with Gasteiger partial charge in [0, 0.05) is 15.8 Å². The fourth-order valence-corrected chi connectivity index (χ4v) is 2.30. The molecule has 0 aliphatic carbocycles. The summed E-state index contributed by atoms with van der Waals surface area (Å²) in [4.78, 5) is 2.51. The lowest BCUT2D eigenvalue weighted by Gasteiger charge is -2.06. The van der Waals surface area contributed by atoms with Gasteiger partial charge in [-0.25, -0.2) is 0 Å². The van der Waals surface area contributed by atoms with E-state index >= 15 is 0 Å². The van der Waals surface area contributed by atoms with Crippen LogP contribution in [0.2, 0.25) is 0 Å². The minimum absolute atomic E-state index is 0.107. The van der Waals surface area contributed by atoms with E-state index in [1.807, 2.05) is 13.0 Å². The maximum absolute atomic E-state index is 5.81. The van der Waals surface area contributed by atoms with Gasteiger partial charge in [-0.3, -0.25) is 0 Å². The molecule has 0 fully saturated rings. The van der Waals surface area contributed by atoms with Crippen molar-refractivity contribution in [3.63, 3.8) is 0 Å². The Morgan fingerprint density at radius 3 is 2.00 bits per heavy atom. The molecule has 0 aliphatic rings. The molecule has 2 aromatic rings. The van der Waals surface area contributed by atoms with Crippen LogP contribution < -0.4 is 5.73 Å². The Bertz CT molecular complexity index is 434. The monoisotopic (exact) mass is 229 g/mol. The van der Waals surface area contributed by atoms with E-state index in [1.165, 1.54) is 15.4 Å². The molecule has 16 heavy (non-hydrogen) atoms. The predicted molar refractivity (Wildman–Crippen MR) is 69.6 cm³/mol. The van der Waals surface area contributed by atoms with Gasteiger partial charge in [-0.05, 0) is 36.8 Å². The molecular weight excluding hydrogens is 214 g/mol. The third-order valence-electron chi connectivity index (χ3n) is 2.38. The molecule has 0 aromatic heterocycles. The van der Waals surface area contributed by atoms with Crippen molar-refractivity contribution in [3.8, 4) is 0 Å². The number of nitrogens with two attached hydrogens (primary N) is 1. The first kappa shape index (κ1) is 11.2. The van der Waals surface area contributed by atoms with Crippen LogP contribution in [0.3, 0.4) is 0 Å². The summed E-state index contributed by atoms with van der Waals surface area (Å²) in [6, 6.07) is 18.9. The predicted octanol–water partition coefficient (Wildman–Crippen LogP) is 3.86. The van der Waals surface area contributed by atoms with Gasteiger partial charge in [0.2, 0.25) is 0 Å². The average Bonchev–Trinajstić information content (AvgIpc) is 2.31. The Kier molecular flexibility index (Phi) is 3.65. The highest BCUT2D eigenvalue weighted by atomic mass is 32.2. The molecule has 0 unspecified atom stereocenters. The van der Waals surface area contributed by atoms with E-state index in [4.69, 9.17) is 5.73 Å². The first-order chi connectivity index (χ1) is 7.75. The number of rotatable bonds is 3. The molecule has 1 atom stereocenters. The van der Waals surface area contributed by atoms with Crippen LogP contribution in [-0.2, 0) is 0 Å². The van der Waals surface area contributed by atoms with Crippen LogP contribution in [0.1, 0.15) is 18.5 Å². The fourth-order valence-electron chi connectivity index (χ4n) is 1.46. The molecule has 2 rings (SSSR count). The van der Waals surface area contributed by atoms with E-state index in [0.717, 1.165) is 0 Å². The Balaban J connectivity index is 2.11. The van der Waals surface area contributed by atoms with Crippen LogP contribution in [0.5, 0.6) is 0 Å². The molecule has 2 aromatic carbocycles. The minimum Gasteiger partial charge on any atom is -0.324 e. The molecule has 82 valence electrons. The van der Waals surface area contributed by atoms with Gasteiger partial charge in [-0.2, -0.15) is 0 Å². The van der Waals surface area contributed by atoms with E-state index in [-0.39, 0.29) is 6.04 Å². The van der Waals surface area contributed by atoms with Gasteiger partial charge < -0.3 is 5.73 Å². The fraction of sp³-hybridized carbons (Fsp3) is 0.143. The van der Waals surface area contributed by atoms with Crippen molar-refractivity contribution in [2.45, 2.75) is 22.8 Å². The molecule has 0 radical (unpaired) electrons. The van der Waals surface area contributed by atoms with Gasteiger partial charge in [0.1, 0.15) is 0 Å². The number of hydrogen-bond donors (Lipinski definition) is 1. The van der Waals surface area contributed by atoms with Crippen LogP contribution in [0.25, 0.3) is 0 Å². The molecule has 0 amide bonds. The maximum Gasteiger partial charge on any atom is 0.0266 e. The highest BCUT2D eigenvalue weighted by molar-refractivity contribution is 7.99. The van der Waals surface area contributed by atoms with Crippen molar-refractivity contribution < 1.29 is 0 Å². The molecule has 2 N–H and O–H groups in total. The maximum atomic E-state index is 5.81. The molecular formula is C14H15NS. The first-order valence-corrected chi connectivity index (χ1v) is 6.16. The zero-order valence-corrected chi connectivity index (χ0v) is 10.1. The Hall–Kier alpha value is -1.25. The van der Waals surface area contributed by atoms with Crippen molar-refractivity contribution in [2.75, 3.05) is 0 Å². The summed E-state index contributed by atoms with van der Waals surface area (Å²) in [6.45, 7) is 2.00. The summed E-state index contributed by atoms with van der Waals surface area (Å²) >= 11 is 1.77. The summed E-state index contributed by atoms with van der Waals surface area (Å²) in [6.07, 6.45) is 0. The molecule has 0 bridgehead atoms. The topological polar surface area (TPSA) is 26.0 Å². The van der Waals surface area contributed by atoms with E-state index in [1.54, 1.807) is 11.8 Å². The minimum atomic E-state index is 0.107. The lowest BCUT2D eigenvalue weighted by molar-refractivity contribution is 0.817. The second-order valence-electron chi connectivity index (χ2n) is 3.77. The SMILES string of the molecule is C[C@@H](N)c1ccc(Sc2ccccc2)cc1. The van der Waals surface area contributed by atoms with Crippen molar-refractivity contribution in [1.29, 1.82) is 0 Å². The summed E-state index contributed by atoms with van der Waals surface area (Å²) in [5.74, 6) is 0. The Morgan fingerprint density at radius 2 is 1.44 bits per heavy atom. The highest BCUT2D eigenvalue weighted by Gasteiger charge is 2.00. The van der Waals surface area contributed by atoms with Crippen LogP contribution in [0.4, 0.5) is 0 Å². The van der Waals surface area contributed by atoms with E-state index in [0.29, 0.717) is 0 Å². The lowest BCUT2D eigenvalue weighted by atomic mass is 10.1. The van der Waals surface area contributed by atoms with Crippen molar-refractivity contribution in [2.24, 2.45) is 5.73 Å². The molecule has 1 nitrogen and oxygen atoms in total. The summed E-state index contributed by atoms with van der Waals surface area (Å²) in [7, 11) is 0. The van der Waals surface area contributed by atoms with Gasteiger partial charge in [0.25, 0.3) is 0 Å². The van der Waals surface area contributed by atoms with E-state index < -0.39 is 0 Å². The van der Waals surface area contributed by atoms with Crippen LogP contribution in [0, 0.1) is 0 Å². The molecule has 0 heterocycles. The van der Waals surface area contributed by atoms with Gasteiger partial charge in [-0.1, -0.05) is 42.1 Å². The zero-order valence-electron chi connectivity index (χ0n) is 9.26. The summed E-state index contributed by atoms with van der Waals surface area (Å²) in [5, 5.41) is 0. The lowest BCUT2D eigenvalue weighted by Crippen LogP contribution is -2.04. The largest absolute Gasteiger partial charge is 0.324 e. The standard InChI is InChI=1S/C14H15NS/c1-11(15)12-7-9-14(10-8-12)16-13-5-3-2-4-6-13/h2-11H,15H2,1H3/t11-/m1/s1. The Labute approximate surface area is 101 Å². The van der Waals surface area contributed by atoms with Crippen molar-refractivity contribution in [3.05, 3.63) is 60.2 Å². The highest BCUT2D eigenvalue weighted by Crippen LogP contribution is 2.27. The normalized spacial score (nSPS) is 12.4. The van der Waals surface area contributed by atoms with E-state index in [2.05, 4.69) is 48.5 Å². The smallest absolute Gasteiger partial charge is 0.0266 e. The second kappa shape index (κ2) is 5.19. The number of benzene rings is 2. The molecule has 0 saturated carbocycles. The van der Waals surface area contributed by atoms with Crippen LogP contribution in [-0.4, -0.2) is 0 Å². The average molecular weight is 229 g/mol. The van der Waals surface area contributed by atoms with Gasteiger partial charge in [-0.15, -0.1) is 0 Å². The van der Waals surface area contributed by atoms with Crippen molar-refractivity contribution in [1.82, 2.24) is 0 Å². The quantitative estimate of drug-likeness (QED) is 0.865. The number of hydrogen-bond acceptors (Lipinski definition) is 2. The van der Waals surface area contributed by atoms with Gasteiger partial charge in [0.05, 0.1) is 0 Å². The Morgan fingerprint density at radius 1 is 0.875 bits per heavy atom.